The number of nitrogens with zero attached hydrogens (tertiary/aromatic N) is 2. The largest absolute Gasteiger partial charge is 0.383 e. The number of hydrogen-bond donors (Lipinski definition) is 1. The molecule has 2 rings (SSSR count). The fraction of sp³-hybridized carbons (Fsp3) is 0.333. The van der Waals surface area contributed by atoms with Crippen molar-refractivity contribution in [3.8, 4) is 5.69 Å². The van der Waals surface area contributed by atoms with Crippen molar-refractivity contribution < 1.29 is 0 Å². The Morgan fingerprint density at radius 3 is 2.79 bits per heavy atom. The molecule has 2 aromatic rings. The van der Waals surface area contributed by atoms with Crippen molar-refractivity contribution in [2.24, 2.45) is 0 Å². The first kappa shape index (κ1) is 13.3. The zero-order valence-corrected chi connectivity index (χ0v) is 11.2. The maximum absolute atomic E-state index is 11.8. The van der Waals surface area contributed by atoms with Crippen LogP contribution in [0.4, 0.5) is 5.69 Å². The number of unbranched alkanes of at least 4 members (excludes halogenated alkanes) is 2. The second-order valence-corrected chi connectivity index (χ2v) is 4.42. The molecular weight excluding hydrogens is 238 g/mol. The van der Waals surface area contributed by atoms with Gasteiger partial charge in [0.05, 0.1) is 11.4 Å². The lowest BCUT2D eigenvalue weighted by Gasteiger charge is -2.12. The quantitative estimate of drug-likeness (QED) is 0.809. The summed E-state index contributed by atoms with van der Waals surface area (Å²) in [6.07, 6.45) is 5.15. The minimum Gasteiger partial charge on any atom is -0.383 e. The maximum Gasteiger partial charge on any atom is 0.271 e. The van der Waals surface area contributed by atoms with Gasteiger partial charge >= 0.3 is 0 Å². The van der Waals surface area contributed by atoms with Crippen LogP contribution in [0, 0.1) is 0 Å². The Morgan fingerprint density at radius 1 is 1.16 bits per heavy atom. The summed E-state index contributed by atoms with van der Waals surface area (Å²) in [5.74, 6) is 0. The molecule has 1 aromatic heterocycles. The zero-order valence-electron chi connectivity index (χ0n) is 11.2. The Balaban J connectivity index is 2.22. The van der Waals surface area contributed by atoms with Crippen LogP contribution in [0.1, 0.15) is 26.2 Å². The third-order valence-corrected chi connectivity index (χ3v) is 2.94. The van der Waals surface area contributed by atoms with Crippen LogP contribution < -0.4 is 10.9 Å². The summed E-state index contributed by atoms with van der Waals surface area (Å²) in [6.45, 7) is 3.09. The lowest BCUT2D eigenvalue weighted by molar-refractivity contribution is 0.741. The second-order valence-electron chi connectivity index (χ2n) is 4.42. The highest BCUT2D eigenvalue weighted by atomic mass is 16.1. The lowest BCUT2D eigenvalue weighted by Crippen LogP contribution is -2.20. The predicted molar refractivity (Wildman–Crippen MR) is 77.8 cm³/mol. The Hall–Kier alpha value is -2.10. The van der Waals surface area contributed by atoms with Crippen molar-refractivity contribution in [1.29, 1.82) is 0 Å². The van der Waals surface area contributed by atoms with E-state index < -0.39 is 0 Å². The standard InChI is InChI=1S/C15H19N3O/c1-2-3-6-11-16-13-8-4-5-9-14(13)18-15(19)10-7-12-17-18/h4-5,7-10,12,16H,2-3,6,11H2,1H3. The van der Waals surface area contributed by atoms with Crippen molar-refractivity contribution in [2.75, 3.05) is 11.9 Å². The third kappa shape index (κ3) is 3.44. The van der Waals surface area contributed by atoms with Crippen LogP contribution in [0.5, 0.6) is 0 Å². The van der Waals surface area contributed by atoms with E-state index in [-0.39, 0.29) is 5.56 Å². The minimum atomic E-state index is -0.120. The second kappa shape index (κ2) is 6.73. The van der Waals surface area contributed by atoms with E-state index in [4.69, 9.17) is 0 Å². The van der Waals surface area contributed by atoms with Crippen LogP contribution in [0.25, 0.3) is 5.69 Å². The summed E-state index contributed by atoms with van der Waals surface area (Å²) < 4.78 is 1.42. The number of hydrogen-bond acceptors (Lipinski definition) is 3. The molecule has 0 spiro atoms. The van der Waals surface area contributed by atoms with Gasteiger partial charge in [-0.05, 0) is 24.6 Å². The molecule has 0 aliphatic rings. The van der Waals surface area contributed by atoms with Crippen molar-refractivity contribution in [3.05, 3.63) is 52.9 Å². The summed E-state index contributed by atoms with van der Waals surface area (Å²) in [7, 11) is 0. The van der Waals surface area contributed by atoms with Crippen molar-refractivity contribution >= 4 is 5.69 Å². The number of benzene rings is 1. The molecule has 0 bridgehead atoms. The normalized spacial score (nSPS) is 10.4. The molecule has 1 N–H and O–H groups in total. The summed E-state index contributed by atoms with van der Waals surface area (Å²) >= 11 is 0. The summed E-state index contributed by atoms with van der Waals surface area (Å²) in [6, 6.07) is 10.9. The van der Waals surface area contributed by atoms with Gasteiger partial charge in [0.25, 0.3) is 5.56 Å². The average Bonchev–Trinajstić information content (AvgIpc) is 2.45. The molecule has 100 valence electrons. The van der Waals surface area contributed by atoms with Crippen molar-refractivity contribution in [2.45, 2.75) is 26.2 Å². The highest BCUT2D eigenvalue weighted by Gasteiger charge is 2.05. The van der Waals surface area contributed by atoms with Gasteiger partial charge in [-0.2, -0.15) is 9.78 Å². The molecule has 4 nitrogen and oxygen atoms in total. The maximum atomic E-state index is 11.8. The molecule has 0 fully saturated rings. The van der Waals surface area contributed by atoms with Gasteiger partial charge in [-0.3, -0.25) is 4.79 Å². The van der Waals surface area contributed by atoms with Gasteiger partial charge in [-0.1, -0.05) is 31.9 Å². The van der Waals surface area contributed by atoms with Gasteiger partial charge in [0.2, 0.25) is 0 Å². The Morgan fingerprint density at radius 2 is 2.00 bits per heavy atom. The number of aromatic nitrogens is 2. The van der Waals surface area contributed by atoms with Crippen LogP contribution in [0.2, 0.25) is 0 Å². The molecule has 1 aromatic carbocycles. The van der Waals surface area contributed by atoms with Crippen LogP contribution in [0.3, 0.4) is 0 Å². The molecule has 0 radical (unpaired) electrons. The summed E-state index contributed by atoms with van der Waals surface area (Å²) in [5, 5.41) is 7.49. The van der Waals surface area contributed by atoms with Crippen LogP contribution in [-0.2, 0) is 0 Å². The highest BCUT2D eigenvalue weighted by Crippen LogP contribution is 2.17. The highest BCUT2D eigenvalue weighted by molar-refractivity contribution is 5.60. The molecule has 0 saturated heterocycles. The minimum absolute atomic E-state index is 0.120. The average molecular weight is 257 g/mol. The first-order valence-corrected chi connectivity index (χ1v) is 6.70. The van der Waals surface area contributed by atoms with E-state index in [2.05, 4.69) is 17.3 Å². The van der Waals surface area contributed by atoms with Gasteiger partial charge in [0.1, 0.15) is 0 Å². The van der Waals surface area contributed by atoms with Crippen molar-refractivity contribution in [1.82, 2.24) is 9.78 Å². The molecule has 19 heavy (non-hydrogen) atoms. The molecule has 1 heterocycles. The summed E-state index contributed by atoms with van der Waals surface area (Å²) in [4.78, 5) is 11.8. The molecule has 0 aliphatic carbocycles. The van der Waals surface area contributed by atoms with Gasteiger partial charge in [-0.15, -0.1) is 0 Å². The molecule has 0 unspecified atom stereocenters. The van der Waals surface area contributed by atoms with Crippen LogP contribution >= 0.6 is 0 Å². The first-order valence-electron chi connectivity index (χ1n) is 6.70. The number of rotatable bonds is 6. The number of para-hydroxylation sites is 2. The van der Waals surface area contributed by atoms with E-state index in [1.54, 1.807) is 12.3 Å². The number of nitrogens with one attached hydrogen (secondary N) is 1. The first-order chi connectivity index (χ1) is 9.33. The van der Waals surface area contributed by atoms with E-state index in [1.165, 1.54) is 23.6 Å². The molecular formula is C15H19N3O. The van der Waals surface area contributed by atoms with Gasteiger partial charge < -0.3 is 5.32 Å². The topological polar surface area (TPSA) is 46.9 Å². The van der Waals surface area contributed by atoms with E-state index in [0.717, 1.165) is 24.3 Å². The molecule has 4 heteroatoms. The van der Waals surface area contributed by atoms with E-state index in [1.807, 2.05) is 24.3 Å². The Kier molecular flexibility index (Phi) is 4.72. The Labute approximate surface area is 113 Å². The predicted octanol–water partition coefficient (Wildman–Crippen LogP) is 2.83. The SMILES string of the molecule is CCCCCNc1ccccc1-n1ncccc1=O. The van der Waals surface area contributed by atoms with Crippen molar-refractivity contribution in [3.63, 3.8) is 0 Å². The van der Waals surface area contributed by atoms with E-state index in [9.17, 15) is 4.79 Å². The van der Waals surface area contributed by atoms with E-state index >= 15 is 0 Å². The smallest absolute Gasteiger partial charge is 0.271 e. The fourth-order valence-electron chi connectivity index (χ4n) is 1.94. The lowest BCUT2D eigenvalue weighted by atomic mass is 10.2. The van der Waals surface area contributed by atoms with Gasteiger partial charge in [0, 0.05) is 18.8 Å². The van der Waals surface area contributed by atoms with E-state index in [0.29, 0.717) is 0 Å². The number of anilines is 1. The van der Waals surface area contributed by atoms with Crippen LogP contribution in [0.15, 0.2) is 47.4 Å². The summed E-state index contributed by atoms with van der Waals surface area (Å²) in [5.41, 5.74) is 1.62. The van der Waals surface area contributed by atoms with Gasteiger partial charge in [0.15, 0.2) is 0 Å². The third-order valence-electron chi connectivity index (χ3n) is 2.94. The van der Waals surface area contributed by atoms with Gasteiger partial charge in [-0.25, -0.2) is 0 Å². The Bertz CT molecular complexity index is 577. The fourth-order valence-corrected chi connectivity index (χ4v) is 1.94. The monoisotopic (exact) mass is 257 g/mol. The molecule has 0 aliphatic heterocycles. The zero-order chi connectivity index (χ0) is 13.5. The molecule has 0 atom stereocenters. The molecule has 0 amide bonds. The van der Waals surface area contributed by atoms with Crippen LogP contribution in [-0.4, -0.2) is 16.3 Å². The molecule has 0 saturated carbocycles.